The Balaban J connectivity index is 1.47. The number of carbonyl (C=O) groups is 2. The van der Waals surface area contributed by atoms with Crippen LogP contribution in [0.25, 0.3) is 11.3 Å². The Morgan fingerprint density at radius 1 is 0.848 bits per heavy atom. The topological polar surface area (TPSA) is 104 Å². The zero-order chi connectivity index (χ0) is 23.2. The summed E-state index contributed by atoms with van der Waals surface area (Å²) in [6, 6.07) is 25.3. The molecule has 4 aromatic rings. The monoisotopic (exact) mass is 438 g/mol. The Morgan fingerprint density at radius 3 is 2.39 bits per heavy atom. The van der Waals surface area contributed by atoms with Gasteiger partial charge in [-0.3, -0.25) is 4.79 Å². The second-order valence-corrected chi connectivity index (χ2v) is 7.45. The van der Waals surface area contributed by atoms with Gasteiger partial charge in [-0.25, -0.2) is 14.8 Å². The molecular weight excluding hydrogens is 416 g/mol. The molecule has 0 fully saturated rings. The fourth-order valence-electron chi connectivity index (χ4n) is 3.37. The molecule has 0 saturated heterocycles. The number of hydrogen-bond donors (Lipinski definition) is 3. The second-order valence-electron chi connectivity index (χ2n) is 7.45. The number of hydrogen-bond acceptors (Lipinski definition) is 5. The largest absolute Gasteiger partial charge is 0.478 e. The van der Waals surface area contributed by atoms with E-state index in [9.17, 15) is 9.59 Å². The van der Waals surface area contributed by atoms with Crippen molar-refractivity contribution < 1.29 is 14.7 Å². The average Bonchev–Trinajstić information content (AvgIpc) is 2.83. The number of benzene rings is 3. The molecule has 7 nitrogen and oxygen atoms in total. The van der Waals surface area contributed by atoms with E-state index in [0.29, 0.717) is 28.5 Å². The van der Waals surface area contributed by atoms with Gasteiger partial charge < -0.3 is 15.7 Å². The quantitative estimate of drug-likeness (QED) is 0.382. The summed E-state index contributed by atoms with van der Waals surface area (Å²) < 4.78 is 0. The fourth-order valence-corrected chi connectivity index (χ4v) is 3.37. The molecule has 1 heterocycles. The normalized spacial score (nSPS) is 10.5. The molecule has 0 aliphatic carbocycles. The van der Waals surface area contributed by atoms with Gasteiger partial charge in [-0.05, 0) is 42.8 Å². The van der Waals surface area contributed by atoms with Gasteiger partial charge in [0, 0.05) is 29.4 Å². The zero-order valence-electron chi connectivity index (χ0n) is 17.9. The molecule has 0 spiro atoms. The van der Waals surface area contributed by atoms with Gasteiger partial charge in [0.2, 0.25) is 0 Å². The highest BCUT2D eigenvalue weighted by molar-refractivity contribution is 5.95. The summed E-state index contributed by atoms with van der Waals surface area (Å²) in [6.45, 7) is 2.06. The first-order valence-corrected chi connectivity index (χ1v) is 10.4. The third-order valence-electron chi connectivity index (χ3n) is 4.93. The lowest BCUT2D eigenvalue weighted by molar-refractivity contribution is 0.0696. The van der Waals surface area contributed by atoms with Crippen LogP contribution in [0.2, 0.25) is 0 Å². The summed E-state index contributed by atoms with van der Waals surface area (Å²) in [6.07, 6.45) is 0. The minimum absolute atomic E-state index is 0.183. The molecule has 3 N–H and O–H groups in total. The molecule has 0 saturated carbocycles. The Morgan fingerprint density at radius 2 is 1.61 bits per heavy atom. The predicted molar refractivity (Wildman–Crippen MR) is 127 cm³/mol. The van der Waals surface area contributed by atoms with Gasteiger partial charge in [0.05, 0.1) is 11.3 Å². The number of nitrogens with zero attached hydrogens (tertiary/aromatic N) is 2. The number of amides is 1. The van der Waals surface area contributed by atoms with Crippen LogP contribution in [0, 0.1) is 6.92 Å². The Kier molecular flexibility index (Phi) is 6.40. The number of carboxylic acids is 1. The van der Waals surface area contributed by atoms with Gasteiger partial charge in [0.25, 0.3) is 5.91 Å². The van der Waals surface area contributed by atoms with Crippen LogP contribution in [-0.4, -0.2) is 27.0 Å². The van der Waals surface area contributed by atoms with Crippen LogP contribution in [0.3, 0.4) is 0 Å². The maximum absolute atomic E-state index is 12.7. The van der Waals surface area contributed by atoms with Crippen LogP contribution in [0.15, 0.2) is 84.9 Å². The zero-order valence-corrected chi connectivity index (χ0v) is 17.9. The number of rotatable bonds is 7. The van der Waals surface area contributed by atoms with Crippen molar-refractivity contribution in [2.75, 3.05) is 5.32 Å². The third-order valence-corrected chi connectivity index (χ3v) is 4.93. The van der Waals surface area contributed by atoms with Crippen LogP contribution in [-0.2, 0) is 6.54 Å². The molecule has 7 heteroatoms. The molecule has 1 amide bonds. The number of carboxylic acid groups (broad SMARTS) is 1. The van der Waals surface area contributed by atoms with Gasteiger partial charge >= 0.3 is 5.97 Å². The minimum Gasteiger partial charge on any atom is -0.478 e. The predicted octanol–water partition coefficient (Wildman–Crippen LogP) is 4.82. The lowest BCUT2D eigenvalue weighted by atomic mass is 10.1. The van der Waals surface area contributed by atoms with Crippen LogP contribution in [0.4, 0.5) is 11.5 Å². The molecule has 3 aromatic carbocycles. The van der Waals surface area contributed by atoms with Crippen molar-refractivity contribution in [3.63, 3.8) is 0 Å². The van der Waals surface area contributed by atoms with Gasteiger partial charge in [0.15, 0.2) is 0 Å². The van der Waals surface area contributed by atoms with Gasteiger partial charge in [-0.2, -0.15) is 0 Å². The molecule has 0 radical (unpaired) electrons. The Labute approximate surface area is 191 Å². The highest BCUT2D eigenvalue weighted by Crippen LogP contribution is 2.22. The molecule has 1 aromatic heterocycles. The fraction of sp³-hybridized carbons (Fsp3) is 0.0769. The van der Waals surface area contributed by atoms with Crippen molar-refractivity contribution in [1.29, 1.82) is 0 Å². The number of aryl methyl sites for hydroxylation is 1. The molecule has 0 unspecified atom stereocenters. The van der Waals surface area contributed by atoms with E-state index in [2.05, 4.69) is 20.6 Å². The van der Waals surface area contributed by atoms with Crippen molar-refractivity contribution in [3.8, 4) is 11.3 Å². The number of nitrogens with one attached hydrogen (secondary N) is 2. The number of anilines is 2. The van der Waals surface area contributed by atoms with Gasteiger partial charge in [-0.1, -0.05) is 48.5 Å². The average molecular weight is 438 g/mol. The maximum atomic E-state index is 12.7. The molecule has 0 atom stereocenters. The lowest BCUT2D eigenvalue weighted by Crippen LogP contribution is -2.23. The van der Waals surface area contributed by atoms with E-state index < -0.39 is 5.97 Å². The highest BCUT2D eigenvalue weighted by Gasteiger charge is 2.09. The van der Waals surface area contributed by atoms with Crippen molar-refractivity contribution in [2.24, 2.45) is 0 Å². The van der Waals surface area contributed by atoms with Crippen LogP contribution in [0.1, 0.15) is 32.1 Å². The van der Waals surface area contributed by atoms with Crippen molar-refractivity contribution >= 4 is 23.4 Å². The van der Waals surface area contributed by atoms with Crippen LogP contribution >= 0.6 is 0 Å². The smallest absolute Gasteiger partial charge is 0.335 e. The summed E-state index contributed by atoms with van der Waals surface area (Å²) in [5.74, 6) is 0.00120. The SMILES string of the molecule is Cc1nc(Nc2cccc(C(=O)NCc3cccc(C(=O)O)c3)c2)cc(-c2ccccc2)n1. The summed E-state index contributed by atoms with van der Waals surface area (Å²) in [5, 5.41) is 15.2. The van der Waals surface area contributed by atoms with E-state index >= 15 is 0 Å². The Bertz CT molecular complexity index is 1310. The van der Waals surface area contributed by atoms with Gasteiger partial charge in [-0.15, -0.1) is 0 Å². The standard InChI is InChI=1S/C26H22N4O3/c1-17-28-23(19-8-3-2-4-9-19)15-24(29-17)30-22-12-6-10-20(14-22)25(31)27-16-18-7-5-11-21(13-18)26(32)33/h2-15H,16H2,1H3,(H,27,31)(H,32,33)(H,28,29,30). The number of aromatic nitrogens is 2. The van der Waals surface area contributed by atoms with Gasteiger partial charge in [0.1, 0.15) is 11.6 Å². The first-order chi connectivity index (χ1) is 16.0. The molecule has 0 aliphatic rings. The molecule has 164 valence electrons. The van der Waals surface area contributed by atoms with Crippen molar-refractivity contribution in [3.05, 3.63) is 107 Å². The third kappa shape index (κ3) is 5.59. The van der Waals surface area contributed by atoms with E-state index in [4.69, 9.17) is 5.11 Å². The van der Waals surface area contributed by atoms with E-state index in [1.165, 1.54) is 6.07 Å². The van der Waals surface area contributed by atoms with E-state index in [-0.39, 0.29) is 18.0 Å². The van der Waals surface area contributed by atoms with Crippen LogP contribution in [0.5, 0.6) is 0 Å². The van der Waals surface area contributed by atoms with Crippen LogP contribution < -0.4 is 10.6 Å². The number of carbonyl (C=O) groups excluding carboxylic acids is 1. The van der Waals surface area contributed by atoms with E-state index in [1.54, 1.807) is 36.4 Å². The van der Waals surface area contributed by atoms with Crippen molar-refractivity contribution in [1.82, 2.24) is 15.3 Å². The maximum Gasteiger partial charge on any atom is 0.335 e. The highest BCUT2D eigenvalue weighted by atomic mass is 16.4. The summed E-state index contributed by atoms with van der Waals surface area (Å²) in [4.78, 5) is 32.7. The first kappa shape index (κ1) is 21.7. The van der Waals surface area contributed by atoms with E-state index in [0.717, 1.165) is 11.3 Å². The summed E-state index contributed by atoms with van der Waals surface area (Å²) in [5.41, 5.74) is 3.88. The first-order valence-electron chi connectivity index (χ1n) is 10.4. The lowest BCUT2D eigenvalue weighted by Gasteiger charge is -2.11. The second kappa shape index (κ2) is 9.74. The molecule has 0 aliphatic heterocycles. The summed E-state index contributed by atoms with van der Waals surface area (Å²) >= 11 is 0. The molecule has 4 rings (SSSR count). The van der Waals surface area contributed by atoms with E-state index in [1.807, 2.05) is 49.4 Å². The van der Waals surface area contributed by atoms with Crippen molar-refractivity contribution in [2.45, 2.75) is 13.5 Å². The molecular formula is C26H22N4O3. The number of aromatic carboxylic acids is 1. The molecule has 0 bridgehead atoms. The molecule has 33 heavy (non-hydrogen) atoms. The summed E-state index contributed by atoms with van der Waals surface area (Å²) in [7, 11) is 0. The minimum atomic E-state index is -1.00. The Hall–Kier alpha value is -4.52.